The predicted octanol–water partition coefficient (Wildman–Crippen LogP) is 4.13. The fourth-order valence-corrected chi connectivity index (χ4v) is 1.42. The van der Waals surface area contributed by atoms with Crippen molar-refractivity contribution in [3.8, 4) is 0 Å². The van der Waals surface area contributed by atoms with Gasteiger partial charge in [-0.1, -0.05) is 45.3 Å². The molecule has 1 heteroatoms. The Kier molecular flexibility index (Phi) is 10.0. The van der Waals surface area contributed by atoms with Crippen molar-refractivity contribution in [2.45, 2.75) is 58.8 Å². The summed E-state index contributed by atoms with van der Waals surface area (Å²) in [6.45, 7) is 4.37. The Balaban J connectivity index is 3.19. The Bertz CT molecular complexity index is 149. The Labute approximate surface area is 88.6 Å². The molecule has 0 radical (unpaired) electrons. The average molecular weight is 196 g/mol. The lowest BCUT2D eigenvalue weighted by Gasteiger charge is -2.04. The van der Waals surface area contributed by atoms with Crippen molar-refractivity contribution in [1.82, 2.24) is 0 Å². The van der Waals surface area contributed by atoms with Crippen LogP contribution in [0.25, 0.3) is 0 Å². The molecule has 0 bridgehead atoms. The lowest BCUT2D eigenvalue weighted by Crippen LogP contribution is -1.94. The number of rotatable bonds is 9. The maximum atomic E-state index is 10.2. The van der Waals surface area contributed by atoms with Crippen molar-refractivity contribution in [1.29, 1.82) is 0 Å². The van der Waals surface area contributed by atoms with Gasteiger partial charge < -0.3 is 4.79 Å². The van der Waals surface area contributed by atoms with Crippen LogP contribution in [0, 0.1) is 5.92 Å². The van der Waals surface area contributed by atoms with Crippen molar-refractivity contribution >= 4 is 6.29 Å². The fourth-order valence-electron chi connectivity index (χ4n) is 1.42. The quantitative estimate of drug-likeness (QED) is 0.308. The zero-order valence-corrected chi connectivity index (χ0v) is 9.67. The molecular weight excluding hydrogens is 172 g/mol. The standard InChI is InChI=1S/C13H24O/c1-3-4-5-6-7-8-9-10-13(2)11-12-14/h6-7,12-13H,3-5,8-11H2,1-2H3. The summed E-state index contributed by atoms with van der Waals surface area (Å²) in [6.07, 6.45) is 13.7. The van der Waals surface area contributed by atoms with E-state index in [9.17, 15) is 4.79 Å². The summed E-state index contributed by atoms with van der Waals surface area (Å²) in [4.78, 5) is 10.2. The minimum Gasteiger partial charge on any atom is -0.303 e. The number of allylic oxidation sites excluding steroid dienone is 2. The van der Waals surface area contributed by atoms with Crippen LogP contribution in [0.1, 0.15) is 58.8 Å². The van der Waals surface area contributed by atoms with E-state index in [1.54, 1.807) is 0 Å². The monoisotopic (exact) mass is 196 g/mol. The molecule has 0 aliphatic heterocycles. The van der Waals surface area contributed by atoms with Crippen molar-refractivity contribution in [2.75, 3.05) is 0 Å². The Morgan fingerprint density at radius 1 is 1.14 bits per heavy atom. The van der Waals surface area contributed by atoms with E-state index in [1.165, 1.54) is 38.5 Å². The molecule has 14 heavy (non-hydrogen) atoms. The first kappa shape index (κ1) is 13.4. The van der Waals surface area contributed by atoms with E-state index in [0.29, 0.717) is 5.92 Å². The lowest BCUT2D eigenvalue weighted by molar-refractivity contribution is -0.108. The highest BCUT2D eigenvalue weighted by Crippen LogP contribution is 2.10. The summed E-state index contributed by atoms with van der Waals surface area (Å²) >= 11 is 0. The van der Waals surface area contributed by atoms with E-state index in [4.69, 9.17) is 0 Å². The van der Waals surface area contributed by atoms with Crippen LogP contribution in [-0.2, 0) is 4.79 Å². The molecule has 0 N–H and O–H groups in total. The van der Waals surface area contributed by atoms with Gasteiger partial charge in [0.25, 0.3) is 0 Å². The smallest absolute Gasteiger partial charge is 0.120 e. The van der Waals surface area contributed by atoms with Crippen LogP contribution in [-0.4, -0.2) is 6.29 Å². The molecule has 0 spiro atoms. The molecule has 1 unspecified atom stereocenters. The van der Waals surface area contributed by atoms with Crippen LogP contribution in [0.3, 0.4) is 0 Å². The topological polar surface area (TPSA) is 17.1 Å². The van der Waals surface area contributed by atoms with Gasteiger partial charge in [-0.3, -0.25) is 0 Å². The van der Waals surface area contributed by atoms with E-state index in [0.717, 1.165) is 12.7 Å². The highest BCUT2D eigenvalue weighted by molar-refractivity contribution is 5.49. The van der Waals surface area contributed by atoms with Gasteiger partial charge in [-0.05, 0) is 25.2 Å². The summed E-state index contributed by atoms with van der Waals surface area (Å²) in [5.74, 6) is 0.566. The zero-order valence-electron chi connectivity index (χ0n) is 9.67. The van der Waals surface area contributed by atoms with Gasteiger partial charge in [0.2, 0.25) is 0 Å². The molecule has 0 aliphatic carbocycles. The molecular formula is C13H24O. The van der Waals surface area contributed by atoms with E-state index in [-0.39, 0.29) is 0 Å². The van der Waals surface area contributed by atoms with Gasteiger partial charge in [-0.25, -0.2) is 0 Å². The molecule has 0 fully saturated rings. The largest absolute Gasteiger partial charge is 0.303 e. The second-order valence-electron chi connectivity index (χ2n) is 4.05. The summed E-state index contributed by atoms with van der Waals surface area (Å²) in [5, 5.41) is 0. The number of aldehydes is 1. The van der Waals surface area contributed by atoms with Crippen LogP contribution in [0.15, 0.2) is 12.2 Å². The highest BCUT2D eigenvalue weighted by Gasteiger charge is 1.98. The van der Waals surface area contributed by atoms with E-state index >= 15 is 0 Å². The molecule has 0 aromatic rings. The van der Waals surface area contributed by atoms with Gasteiger partial charge >= 0.3 is 0 Å². The van der Waals surface area contributed by atoms with Gasteiger partial charge in [0.1, 0.15) is 6.29 Å². The summed E-state index contributed by atoms with van der Waals surface area (Å²) in [7, 11) is 0. The van der Waals surface area contributed by atoms with Crippen molar-refractivity contribution in [3.05, 3.63) is 12.2 Å². The molecule has 0 aromatic carbocycles. The van der Waals surface area contributed by atoms with E-state index < -0.39 is 0 Å². The van der Waals surface area contributed by atoms with Crippen LogP contribution in [0.2, 0.25) is 0 Å². The Morgan fingerprint density at radius 2 is 1.79 bits per heavy atom. The zero-order chi connectivity index (χ0) is 10.6. The van der Waals surface area contributed by atoms with Crippen LogP contribution < -0.4 is 0 Å². The first-order valence-corrected chi connectivity index (χ1v) is 5.89. The molecule has 0 amide bonds. The first-order chi connectivity index (χ1) is 6.81. The Morgan fingerprint density at radius 3 is 2.36 bits per heavy atom. The normalized spacial score (nSPS) is 13.3. The molecule has 0 saturated carbocycles. The predicted molar refractivity (Wildman–Crippen MR) is 62.4 cm³/mol. The average Bonchev–Trinajstić information content (AvgIpc) is 2.17. The molecule has 1 atom stereocenters. The molecule has 0 heterocycles. The lowest BCUT2D eigenvalue weighted by atomic mass is 10.0. The van der Waals surface area contributed by atoms with Crippen LogP contribution in [0.4, 0.5) is 0 Å². The van der Waals surface area contributed by atoms with E-state index in [2.05, 4.69) is 26.0 Å². The maximum absolute atomic E-state index is 10.2. The second kappa shape index (κ2) is 10.5. The molecule has 82 valence electrons. The Hall–Kier alpha value is -0.590. The van der Waals surface area contributed by atoms with Crippen molar-refractivity contribution < 1.29 is 4.79 Å². The van der Waals surface area contributed by atoms with Crippen molar-refractivity contribution in [2.24, 2.45) is 5.92 Å². The summed E-state index contributed by atoms with van der Waals surface area (Å²) in [5.41, 5.74) is 0. The third-order valence-electron chi connectivity index (χ3n) is 2.46. The minimum atomic E-state index is 0.566. The van der Waals surface area contributed by atoms with Crippen LogP contribution in [0.5, 0.6) is 0 Å². The third kappa shape index (κ3) is 9.50. The molecule has 0 aromatic heterocycles. The number of carbonyl (C=O) groups is 1. The van der Waals surface area contributed by atoms with E-state index in [1.807, 2.05) is 0 Å². The summed E-state index contributed by atoms with van der Waals surface area (Å²) in [6, 6.07) is 0. The van der Waals surface area contributed by atoms with Gasteiger partial charge in [0, 0.05) is 6.42 Å². The van der Waals surface area contributed by atoms with Gasteiger partial charge in [0.15, 0.2) is 0 Å². The second-order valence-corrected chi connectivity index (χ2v) is 4.05. The molecule has 1 nitrogen and oxygen atoms in total. The highest BCUT2D eigenvalue weighted by atomic mass is 16.1. The number of hydrogen-bond donors (Lipinski definition) is 0. The number of carbonyl (C=O) groups excluding carboxylic acids is 1. The molecule has 0 rings (SSSR count). The third-order valence-corrected chi connectivity index (χ3v) is 2.46. The number of unbranched alkanes of at least 4 members (excludes halogenated alkanes) is 3. The SMILES string of the molecule is CCCCC=CCCCC(C)CC=O. The molecule has 0 aliphatic rings. The van der Waals surface area contributed by atoms with Crippen molar-refractivity contribution in [3.63, 3.8) is 0 Å². The van der Waals surface area contributed by atoms with Crippen LogP contribution >= 0.6 is 0 Å². The van der Waals surface area contributed by atoms with Gasteiger partial charge in [-0.15, -0.1) is 0 Å². The fraction of sp³-hybridized carbons (Fsp3) is 0.769. The first-order valence-electron chi connectivity index (χ1n) is 5.89. The number of hydrogen-bond acceptors (Lipinski definition) is 1. The van der Waals surface area contributed by atoms with Gasteiger partial charge in [0.05, 0.1) is 0 Å². The molecule has 0 saturated heterocycles. The van der Waals surface area contributed by atoms with Gasteiger partial charge in [-0.2, -0.15) is 0 Å². The summed E-state index contributed by atoms with van der Waals surface area (Å²) < 4.78 is 0. The maximum Gasteiger partial charge on any atom is 0.120 e. The minimum absolute atomic E-state index is 0.566.